The molecule has 0 atom stereocenters. The van der Waals surface area contributed by atoms with Crippen LogP contribution in [0.5, 0.6) is 0 Å². The van der Waals surface area contributed by atoms with Gasteiger partial charge in [0, 0.05) is 18.4 Å². The van der Waals surface area contributed by atoms with Crippen molar-refractivity contribution in [1.29, 1.82) is 0 Å². The molecule has 0 aliphatic carbocycles. The number of aryl methyl sites for hydroxylation is 2. The predicted octanol–water partition coefficient (Wildman–Crippen LogP) is 4.51. The molecule has 25 heavy (non-hydrogen) atoms. The Balaban J connectivity index is 1.91. The van der Waals surface area contributed by atoms with Crippen LogP contribution in [-0.4, -0.2) is 22.2 Å². The van der Waals surface area contributed by atoms with Gasteiger partial charge in [-0.25, -0.2) is 0 Å². The van der Waals surface area contributed by atoms with Crippen LogP contribution in [0.2, 0.25) is 0 Å². The number of nitrogens with zero attached hydrogens (tertiary/aromatic N) is 4. The molecule has 0 amide bonds. The molecule has 0 radical (unpaired) electrons. The molecular weight excluding hydrogens is 310 g/mol. The Labute approximate surface area is 148 Å². The summed E-state index contributed by atoms with van der Waals surface area (Å²) in [6.45, 7) is 4.32. The third-order valence-electron chi connectivity index (χ3n) is 4.24. The summed E-state index contributed by atoms with van der Waals surface area (Å²) in [5.41, 5.74) is 4.69. The van der Waals surface area contributed by atoms with E-state index in [9.17, 15) is 0 Å². The molecule has 2 aromatic carbocycles. The zero-order valence-corrected chi connectivity index (χ0v) is 14.9. The fourth-order valence-electron chi connectivity index (χ4n) is 2.79. The Morgan fingerprint density at radius 3 is 2.24 bits per heavy atom. The van der Waals surface area contributed by atoms with E-state index in [-0.39, 0.29) is 0 Å². The Hall–Kier alpha value is -2.95. The van der Waals surface area contributed by atoms with Crippen LogP contribution in [0.15, 0.2) is 54.7 Å². The summed E-state index contributed by atoms with van der Waals surface area (Å²) in [5, 5.41) is 11.7. The van der Waals surface area contributed by atoms with Gasteiger partial charge in [-0.1, -0.05) is 50.2 Å². The number of hydrogen-bond acceptors (Lipinski definition) is 5. The first-order chi connectivity index (χ1) is 12.2. The zero-order chi connectivity index (χ0) is 17.6. The third kappa shape index (κ3) is 3.76. The molecule has 1 heterocycles. The van der Waals surface area contributed by atoms with Gasteiger partial charge in [0.1, 0.15) is 0 Å². The molecule has 1 aromatic heterocycles. The van der Waals surface area contributed by atoms with E-state index in [1.165, 1.54) is 11.1 Å². The van der Waals surface area contributed by atoms with Gasteiger partial charge in [-0.05, 0) is 36.1 Å². The molecular formula is C20H23N5. The van der Waals surface area contributed by atoms with Crippen molar-refractivity contribution in [3.05, 3.63) is 65.9 Å². The molecule has 3 aromatic rings. The lowest BCUT2D eigenvalue weighted by molar-refractivity contribution is 0.930. The quantitative estimate of drug-likeness (QED) is 0.719. The first-order valence-corrected chi connectivity index (χ1v) is 8.59. The van der Waals surface area contributed by atoms with Gasteiger partial charge in [0.15, 0.2) is 5.82 Å². The van der Waals surface area contributed by atoms with E-state index in [4.69, 9.17) is 0 Å². The molecule has 0 saturated heterocycles. The van der Waals surface area contributed by atoms with Crippen molar-refractivity contribution < 1.29 is 0 Å². The zero-order valence-electron chi connectivity index (χ0n) is 14.9. The molecule has 0 bridgehead atoms. The number of nitrogens with one attached hydrogen (secondary N) is 1. The van der Waals surface area contributed by atoms with E-state index in [2.05, 4.69) is 52.5 Å². The Morgan fingerprint density at radius 2 is 1.60 bits per heavy atom. The van der Waals surface area contributed by atoms with Crippen molar-refractivity contribution in [3.8, 4) is 0 Å². The Kier molecular flexibility index (Phi) is 5.23. The molecule has 0 aliphatic heterocycles. The summed E-state index contributed by atoms with van der Waals surface area (Å²) in [6, 6.07) is 16.4. The monoisotopic (exact) mass is 333 g/mol. The minimum Gasteiger partial charge on any atom is -0.338 e. The van der Waals surface area contributed by atoms with Gasteiger partial charge in [0.2, 0.25) is 0 Å². The summed E-state index contributed by atoms with van der Waals surface area (Å²) < 4.78 is 0. The molecule has 0 saturated carbocycles. The molecule has 5 heteroatoms. The van der Waals surface area contributed by atoms with E-state index < -0.39 is 0 Å². The molecule has 0 spiro atoms. The van der Waals surface area contributed by atoms with Crippen LogP contribution in [-0.2, 0) is 12.8 Å². The van der Waals surface area contributed by atoms with E-state index in [0.717, 1.165) is 24.2 Å². The van der Waals surface area contributed by atoms with Crippen molar-refractivity contribution in [2.75, 3.05) is 17.3 Å². The number of anilines is 4. The summed E-state index contributed by atoms with van der Waals surface area (Å²) in [6.07, 6.45) is 3.59. The predicted molar refractivity (Wildman–Crippen MR) is 103 cm³/mol. The Morgan fingerprint density at radius 1 is 0.920 bits per heavy atom. The van der Waals surface area contributed by atoms with Gasteiger partial charge < -0.3 is 10.2 Å². The first kappa shape index (κ1) is 16.9. The second-order valence-corrected chi connectivity index (χ2v) is 5.82. The number of rotatable bonds is 6. The normalized spacial score (nSPS) is 10.5. The van der Waals surface area contributed by atoms with Gasteiger partial charge in [-0.15, -0.1) is 5.10 Å². The van der Waals surface area contributed by atoms with Crippen LogP contribution >= 0.6 is 0 Å². The average Bonchev–Trinajstić information content (AvgIpc) is 2.68. The highest BCUT2D eigenvalue weighted by atomic mass is 15.3. The highest BCUT2D eigenvalue weighted by Gasteiger charge is 2.11. The molecule has 0 fully saturated rings. The SMILES string of the molecule is CCc1cccc(CC)c1Nc1cnnc(N(C)c2ccccc2)n1. The molecule has 0 unspecified atom stereocenters. The maximum absolute atomic E-state index is 4.64. The first-order valence-electron chi connectivity index (χ1n) is 8.59. The maximum Gasteiger partial charge on any atom is 0.251 e. The fraction of sp³-hybridized carbons (Fsp3) is 0.250. The van der Waals surface area contributed by atoms with Gasteiger partial charge in [0.25, 0.3) is 5.95 Å². The van der Waals surface area contributed by atoms with Gasteiger partial charge >= 0.3 is 0 Å². The van der Waals surface area contributed by atoms with Crippen LogP contribution in [0.25, 0.3) is 0 Å². The smallest absolute Gasteiger partial charge is 0.251 e. The Bertz CT molecular complexity index is 810. The largest absolute Gasteiger partial charge is 0.338 e. The summed E-state index contributed by atoms with van der Waals surface area (Å²) in [5.74, 6) is 1.26. The lowest BCUT2D eigenvalue weighted by atomic mass is 10.0. The summed E-state index contributed by atoms with van der Waals surface area (Å²) >= 11 is 0. The minimum atomic E-state index is 0.559. The van der Waals surface area contributed by atoms with Gasteiger partial charge in [0.05, 0.1) is 6.20 Å². The molecule has 3 rings (SSSR count). The van der Waals surface area contributed by atoms with Crippen molar-refractivity contribution in [1.82, 2.24) is 15.2 Å². The van der Waals surface area contributed by atoms with Gasteiger partial charge in [-0.2, -0.15) is 10.1 Å². The number of aromatic nitrogens is 3. The van der Waals surface area contributed by atoms with Crippen LogP contribution in [0.1, 0.15) is 25.0 Å². The number of benzene rings is 2. The van der Waals surface area contributed by atoms with Crippen molar-refractivity contribution in [2.24, 2.45) is 0 Å². The highest BCUT2D eigenvalue weighted by Crippen LogP contribution is 2.26. The molecule has 0 aliphatic rings. The second-order valence-electron chi connectivity index (χ2n) is 5.82. The molecule has 5 nitrogen and oxygen atoms in total. The van der Waals surface area contributed by atoms with Crippen molar-refractivity contribution in [3.63, 3.8) is 0 Å². The highest BCUT2D eigenvalue weighted by molar-refractivity contribution is 5.66. The van der Waals surface area contributed by atoms with Crippen molar-refractivity contribution >= 4 is 23.1 Å². The van der Waals surface area contributed by atoms with Gasteiger partial charge in [-0.3, -0.25) is 0 Å². The fourth-order valence-corrected chi connectivity index (χ4v) is 2.79. The van der Waals surface area contributed by atoms with Crippen LogP contribution in [0.3, 0.4) is 0 Å². The van der Waals surface area contributed by atoms with Crippen LogP contribution in [0.4, 0.5) is 23.1 Å². The maximum atomic E-state index is 4.64. The van der Waals surface area contributed by atoms with E-state index in [0.29, 0.717) is 11.8 Å². The lowest BCUT2D eigenvalue weighted by Crippen LogP contribution is -2.14. The van der Waals surface area contributed by atoms with Crippen molar-refractivity contribution in [2.45, 2.75) is 26.7 Å². The van der Waals surface area contributed by atoms with Crippen LogP contribution in [0, 0.1) is 0 Å². The minimum absolute atomic E-state index is 0.559. The lowest BCUT2D eigenvalue weighted by Gasteiger charge is -2.18. The summed E-state index contributed by atoms with van der Waals surface area (Å²) in [4.78, 5) is 6.56. The summed E-state index contributed by atoms with van der Waals surface area (Å²) in [7, 11) is 1.94. The number of hydrogen-bond donors (Lipinski definition) is 1. The second kappa shape index (κ2) is 7.75. The standard InChI is InChI=1S/C20H23N5/c1-4-15-10-9-11-16(5-2)19(15)22-18-14-21-24-20(23-18)25(3)17-12-7-6-8-13-17/h6-14H,4-5H2,1-3H3,(H,22,23,24). The molecule has 1 N–H and O–H groups in total. The molecule has 128 valence electrons. The topological polar surface area (TPSA) is 53.9 Å². The van der Waals surface area contributed by atoms with E-state index >= 15 is 0 Å². The van der Waals surface area contributed by atoms with E-state index in [1.807, 2.05) is 42.3 Å². The van der Waals surface area contributed by atoms with E-state index in [1.54, 1.807) is 6.20 Å². The third-order valence-corrected chi connectivity index (χ3v) is 4.24. The number of para-hydroxylation sites is 2. The average molecular weight is 333 g/mol. The van der Waals surface area contributed by atoms with Crippen LogP contribution < -0.4 is 10.2 Å².